The number of hydrogen-bond donors (Lipinski definition) is 1. The van der Waals surface area contributed by atoms with Gasteiger partial charge in [-0.2, -0.15) is 0 Å². The van der Waals surface area contributed by atoms with Gasteiger partial charge in [0.2, 0.25) is 0 Å². The molecule has 3 nitrogen and oxygen atoms in total. The number of nitrogens with zero attached hydrogens (tertiary/aromatic N) is 2. The van der Waals surface area contributed by atoms with Gasteiger partial charge in [0.15, 0.2) is 0 Å². The second-order valence-electron chi connectivity index (χ2n) is 4.78. The minimum atomic E-state index is 0.0876. The van der Waals surface area contributed by atoms with E-state index in [0.29, 0.717) is 6.04 Å². The zero-order valence-electron chi connectivity index (χ0n) is 12.1. The van der Waals surface area contributed by atoms with Gasteiger partial charge in [0.05, 0.1) is 6.61 Å². The van der Waals surface area contributed by atoms with Gasteiger partial charge in [-0.1, -0.05) is 20.3 Å². The maximum Gasteiger partial charge on any atom is 0.129 e. The van der Waals surface area contributed by atoms with Gasteiger partial charge < -0.3 is 10.0 Å². The molecule has 0 saturated heterocycles. The Balaban J connectivity index is 3.08. The lowest BCUT2D eigenvalue weighted by Gasteiger charge is -2.29. The number of anilines is 1. The number of aryl methyl sites for hydroxylation is 1. The SMILES string of the molecule is CCCc1cc(CO)cc(N(CC)C(C)CC)n1. The van der Waals surface area contributed by atoms with E-state index in [4.69, 9.17) is 4.98 Å². The molecule has 0 aliphatic carbocycles. The first-order valence-electron chi connectivity index (χ1n) is 7.03. The maximum absolute atomic E-state index is 9.36. The lowest BCUT2D eigenvalue weighted by Crippen LogP contribution is -2.33. The molecule has 0 aromatic carbocycles. The molecular formula is C15H26N2O. The van der Waals surface area contributed by atoms with Crippen molar-refractivity contribution in [3.05, 3.63) is 23.4 Å². The highest BCUT2D eigenvalue weighted by molar-refractivity contribution is 5.43. The van der Waals surface area contributed by atoms with Gasteiger partial charge in [0.25, 0.3) is 0 Å². The third-order valence-electron chi connectivity index (χ3n) is 3.37. The molecule has 0 fully saturated rings. The Kier molecular flexibility index (Phi) is 6.13. The van der Waals surface area contributed by atoms with Gasteiger partial charge in [-0.15, -0.1) is 0 Å². The molecule has 1 unspecified atom stereocenters. The van der Waals surface area contributed by atoms with Gasteiger partial charge in [-0.3, -0.25) is 0 Å². The Hall–Kier alpha value is -1.09. The van der Waals surface area contributed by atoms with E-state index < -0.39 is 0 Å². The fourth-order valence-corrected chi connectivity index (χ4v) is 2.18. The zero-order chi connectivity index (χ0) is 13.5. The summed E-state index contributed by atoms with van der Waals surface area (Å²) in [7, 11) is 0. The average molecular weight is 250 g/mol. The number of rotatable bonds is 7. The van der Waals surface area contributed by atoms with E-state index in [1.165, 1.54) is 0 Å². The highest BCUT2D eigenvalue weighted by Gasteiger charge is 2.13. The molecule has 0 radical (unpaired) electrons. The molecule has 0 aliphatic rings. The number of aliphatic hydroxyl groups excluding tert-OH is 1. The first kappa shape index (κ1) is 15.0. The molecule has 1 heterocycles. The lowest BCUT2D eigenvalue weighted by molar-refractivity contribution is 0.281. The summed E-state index contributed by atoms with van der Waals surface area (Å²) in [6.07, 6.45) is 3.15. The van der Waals surface area contributed by atoms with Crippen molar-refractivity contribution < 1.29 is 5.11 Å². The molecule has 3 heteroatoms. The van der Waals surface area contributed by atoms with E-state index in [-0.39, 0.29) is 6.61 Å². The van der Waals surface area contributed by atoms with Crippen LogP contribution in [-0.2, 0) is 13.0 Å². The van der Waals surface area contributed by atoms with Crippen LogP contribution in [0.25, 0.3) is 0 Å². The van der Waals surface area contributed by atoms with E-state index in [0.717, 1.165) is 42.9 Å². The number of aliphatic hydroxyl groups is 1. The molecule has 0 spiro atoms. The third kappa shape index (κ3) is 3.70. The highest BCUT2D eigenvalue weighted by Crippen LogP contribution is 2.19. The maximum atomic E-state index is 9.36. The van der Waals surface area contributed by atoms with Crippen molar-refractivity contribution in [1.29, 1.82) is 0 Å². The predicted molar refractivity (Wildman–Crippen MR) is 76.9 cm³/mol. The normalized spacial score (nSPS) is 12.5. The van der Waals surface area contributed by atoms with Crippen LogP contribution in [0.4, 0.5) is 5.82 Å². The second kappa shape index (κ2) is 7.37. The molecule has 1 N–H and O–H groups in total. The number of pyridine rings is 1. The molecule has 0 amide bonds. The van der Waals surface area contributed by atoms with Gasteiger partial charge in [0.1, 0.15) is 5.82 Å². The van der Waals surface area contributed by atoms with E-state index in [1.807, 2.05) is 12.1 Å². The van der Waals surface area contributed by atoms with E-state index in [9.17, 15) is 5.11 Å². The van der Waals surface area contributed by atoms with Crippen molar-refractivity contribution in [2.24, 2.45) is 0 Å². The average Bonchev–Trinajstić information content (AvgIpc) is 2.39. The summed E-state index contributed by atoms with van der Waals surface area (Å²) in [5.41, 5.74) is 2.05. The monoisotopic (exact) mass is 250 g/mol. The van der Waals surface area contributed by atoms with Crippen LogP contribution in [-0.4, -0.2) is 22.7 Å². The minimum Gasteiger partial charge on any atom is -0.392 e. The largest absolute Gasteiger partial charge is 0.392 e. The van der Waals surface area contributed by atoms with Crippen molar-refractivity contribution in [1.82, 2.24) is 4.98 Å². The minimum absolute atomic E-state index is 0.0876. The molecule has 1 aromatic heterocycles. The Bertz CT molecular complexity index is 366. The predicted octanol–water partition coefficient (Wildman–Crippen LogP) is 3.15. The zero-order valence-corrected chi connectivity index (χ0v) is 12.1. The second-order valence-corrected chi connectivity index (χ2v) is 4.78. The van der Waals surface area contributed by atoms with Gasteiger partial charge in [0, 0.05) is 18.3 Å². The fraction of sp³-hybridized carbons (Fsp3) is 0.667. The van der Waals surface area contributed by atoms with Gasteiger partial charge in [-0.25, -0.2) is 4.98 Å². The van der Waals surface area contributed by atoms with Crippen LogP contribution in [0.5, 0.6) is 0 Å². The van der Waals surface area contributed by atoms with Crippen LogP contribution in [0.1, 0.15) is 51.8 Å². The summed E-state index contributed by atoms with van der Waals surface area (Å²) in [6, 6.07) is 4.50. The Labute approximate surface area is 111 Å². The van der Waals surface area contributed by atoms with Crippen LogP contribution in [0.15, 0.2) is 12.1 Å². The quantitative estimate of drug-likeness (QED) is 0.807. The first-order valence-corrected chi connectivity index (χ1v) is 7.03. The topological polar surface area (TPSA) is 36.4 Å². The van der Waals surface area contributed by atoms with Gasteiger partial charge in [-0.05, 0) is 44.4 Å². The van der Waals surface area contributed by atoms with Crippen molar-refractivity contribution in [3.63, 3.8) is 0 Å². The standard InChI is InChI=1S/C15H26N2O/c1-5-8-14-9-13(11-18)10-15(16-14)17(7-3)12(4)6-2/h9-10,12,18H,5-8,11H2,1-4H3. The fourth-order valence-electron chi connectivity index (χ4n) is 2.18. The first-order chi connectivity index (χ1) is 8.65. The Morgan fingerprint density at radius 1 is 1.28 bits per heavy atom. The molecule has 1 atom stereocenters. The van der Waals surface area contributed by atoms with Crippen molar-refractivity contribution in [2.45, 2.75) is 59.6 Å². The van der Waals surface area contributed by atoms with Crippen LogP contribution < -0.4 is 4.90 Å². The highest BCUT2D eigenvalue weighted by atomic mass is 16.3. The van der Waals surface area contributed by atoms with E-state index in [1.54, 1.807) is 0 Å². The summed E-state index contributed by atoms with van der Waals surface area (Å²) in [5.74, 6) is 1.00. The van der Waals surface area contributed by atoms with Crippen LogP contribution in [0.2, 0.25) is 0 Å². The van der Waals surface area contributed by atoms with E-state index in [2.05, 4.69) is 32.6 Å². The molecule has 0 bridgehead atoms. The molecular weight excluding hydrogens is 224 g/mol. The smallest absolute Gasteiger partial charge is 0.129 e. The van der Waals surface area contributed by atoms with Crippen LogP contribution >= 0.6 is 0 Å². The van der Waals surface area contributed by atoms with Gasteiger partial charge >= 0.3 is 0 Å². The van der Waals surface area contributed by atoms with Crippen molar-refractivity contribution in [2.75, 3.05) is 11.4 Å². The third-order valence-corrected chi connectivity index (χ3v) is 3.37. The molecule has 102 valence electrons. The summed E-state index contributed by atoms with van der Waals surface area (Å²) in [6.45, 7) is 9.75. The summed E-state index contributed by atoms with van der Waals surface area (Å²) >= 11 is 0. The summed E-state index contributed by atoms with van der Waals surface area (Å²) < 4.78 is 0. The van der Waals surface area contributed by atoms with Crippen molar-refractivity contribution >= 4 is 5.82 Å². The molecule has 1 aromatic rings. The number of hydrogen-bond acceptors (Lipinski definition) is 3. The molecule has 0 saturated carbocycles. The summed E-state index contributed by atoms with van der Waals surface area (Å²) in [5, 5.41) is 9.36. The Morgan fingerprint density at radius 3 is 2.50 bits per heavy atom. The van der Waals surface area contributed by atoms with E-state index >= 15 is 0 Å². The summed E-state index contributed by atoms with van der Waals surface area (Å²) in [4.78, 5) is 7.03. The number of aromatic nitrogens is 1. The van der Waals surface area contributed by atoms with Crippen LogP contribution in [0, 0.1) is 0 Å². The Morgan fingerprint density at radius 2 is 2.00 bits per heavy atom. The molecule has 18 heavy (non-hydrogen) atoms. The molecule has 1 rings (SSSR count). The lowest BCUT2D eigenvalue weighted by atomic mass is 10.1. The molecule has 0 aliphatic heterocycles. The van der Waals surface area contributed by atoms with Crippen LogP contribution in [0.3, 0.4) is 0 Å². The van der Waals surface area contributed by atoms with Crippen molar-refractivity contribution in [3.8, 4) is 0 Å².